The van der Waals surface area contributed by atoms with Gasteiger partial charge in [0.1, 0.15) is 9.22 Å². The number of aliphatic hydroxyl groups is 1. The Balaban J connectivity index is 2.12. The fourth-order valence-electron chi connectivity index (χ4n) is 1.77. The Morgan fingerprint density at radius 3 is 2.71 bits per heavy atom. The molecule has 2 rings (SSSR count). The lowest BCUT2D eigenvalue weighted by molar-refractivity contribution is 0.300. The van der Waals surface area contributed by atoms with Crippen LogP contribution in [0.3, 0.4) is 0 Å². The fraction of sp³-hybridized carbons (Fsp3) is 0.462. The van der Waals surface area contributed by atoms with Gasteiger partial charge in [0.15, 0.2) is 0 Å². The van der Waals surface area contributed by atoms with Crippen molar-refractivity contribution in [3.63, 3.8) is 0 Å². The number of aryl methyl sites for hydroxylation is 1. The number of thiophene rings is 1. The van der Waals surface area contributed by atoms with Gasteiger partial charge in [0, 0.05) is 29.0 Å². The largest absolute Gasteiger partial charge is 0.396 e. The number of sulfonamides is 1. The highest BCUT2D eigenvalue weighted by Crippen LogP contribution is 2.25. The SMILES string of the molecule is CCc1cnc(C(C)NS(=O)(=O)c2ccc(CCO)s2)s1. The van der Waals surface area contributed by atoms with Crippen molar-refractivity contribution in [3.05, 3.63) is 33.1 Å². The molecule has 1 unspecified atom stereocenters. The first kappa shape index (κ1) is 16.6. The molecule has 21 heavy (non-hydrogen) atoms. The molecule has 0 spiro atoms. The molecule has 1 atom stereocenters. The lowest BCUT2D eigenvalue weighted by atomic mass is 10.4. The number of rotatable bonds is 7. The summed E-state index contributed by atoms with van der Waals surface area (Å²) in [4.78, 5) is 6.25. The maximum Gasteiger partial charge on any atom is 0.250 e. The topological polar surface area (TPSA) is 79.3 Å². The van der Waals surface area contributed by atoms with Gasteiger partial charge in [-0.1, -0.05) is 6.92 Å². The molecular weight excluding hydrogens is 328 g/mol. The summed E-state index contributed by atoms with van der Waals surface area (Å²) in [5.41, 5.74) is 0. The molecule has 0 bridgehead atoms. The van der Waals surface area contributed by atoms with Gasteiger partial charge in [0.2, 0.25) is 0 Å². The molecule has 0 aromatic carbocycles. The van der Waals surface area contributed by atoms with E-state index >= 15 is 0 Å². The van der Waals surface area contributed by atoms with Crippen molar-refractivity contribution < 1.29 is 13.5 Å². The first-order chi connectivity index (χ1) is 9.96. The number of nitrogens with zero attached hydrogens (tertiary/aromatic N) is 1. The van der Waals surface area contributed by atoms with Gasteiger partial charge >= 0.3 is 0 Å². The Labute approximate surface area is 132 Å². The monoisotopic (exact) mass is 346 g/mol. The van der Waals surface area contributed by atoms with Gasteiger partial charge in [-0.3, -0.25) is 0 Å². The molecule has 0 aliphatic heterocycles. The third kappa shape index (κ3) is 4.10. The maximum absolute atomic E-state index is 12.3. The van der Waals surface area contributed by atoms with E-state index in [-0.39, 0.29) is 16.9 Å². The van der Waals surface area contributed by atoms with Gasteiger partial charge in [-0.25, -0.2) is 18.1 Å². The smallest absolute Gasteiger partial charge is 0.250 e. The van der Waals surface area contributed by atoms with E-state index in [2.05, 4.69) is 9.71 Å². The van der Waals surface area contributed by atoms with Gasteiger partial charge in [-0.2, -0.15) is 0 Å². The zero-order valence-electron chi connectivity index (χ0n) is 11.9. The van der Waals surface area contributed by atoms with Gasteiger partial charge < -0.3 is 5.11 Å². The van der Waals surface area contributed by atoms with Crippen LogP contribution in [-0.2, 0) is 22.9 Å². The summed E-state index contributed by atoms with van der Waals surface area (Å²) in [7, 11) is -3.55. The number of aromatic nitrogens is 1. The number of nitrogens with one attached hydrogen (secondary N) is 1. The zero-order chi connectivity index (χ0) is 15.5. The summed E-state index contributed by atoms with van der Waals surface area (Å²) < 4.78 is 27.6. The first-order valence-electron chi connectivity index (χ1n) is 6.62. The highest BCUT2D eigenvalue weighted by molar-refractivity contribution is 7.91. The zero-order valence-corrected chi connectivity index (χ0v) is 14.3. The molecule has 0 fully saturated rings. The molecule has 0 saturated carbocycles. The van der Waals surface area contributed by atoms with Crippen molar-refractivity contribution in [2.24, 2.45) is 0 Å². The lowest BCUT2D eigenvalue weighted by Crippen LogP contribution is -2.26. The number of hydrogen-bond donors (Lipinski definition) is 2. The quantitative estimate of drug-likeness (QED) is 0.806. The van der Waals surface area contributed by atoms with Crippen LogP contribution in [0.1, 0.15) is 34.7 Å². The van der Waals surface area contributed by atoms with Crippen molar-refractivity contribution >= 4 is 32.7 Å². The molecule has 0 amide bonds. The van der Waals surface area contributed by atoms with Crippen LogP contribution in [0.4, 0.5) is 0 Å². The predicted octanol–water partition coefficient (Wildman–Crippen LogP) is 2.34. The van der Waals surface area contributed by atoms with Crippen LogP contribution >= 0.6 is 22.7 Å². The Morgan fingerprint density at radius 1 is 1.33 bits per heavy atom. The van der Waals surface area contributed by atoms with Gasteiger partial charge in [0.05, 0.1) is 6.04 Å². The lowest BCUT2D eigenvalue weighted by Gasteiger charge is -2.10. The van der Waals surface area contributed by atoms with E-state index in [0.717, 1.165) is 21.2 Å². The first-order valence-corrected chi connectivity index (χ1v) is 9.74. The molecular formula is C13H18N2O3S3. The predicted molar refractivity (Wildman–Crippen MR) is 85.3 cm³/mol. The van der Waals surface area contributed by atoms with E-state index in [1.807, 2.05) is 6.92 Å². The molecule has 8 heteroatoms. The second-order valence-corrected chi connectivity index (χ2v) is 8.81. The maximum atomic E-state index is 12.3. The molecule has 2 heterocycles. The molecule has 0 saturated heterocycles. The van der Waals surface area contributed by atoms with Crippen LogP contribution in [-0.4, -0.2) is 25.1 Å². The van der Waals surface area contributed by atoms with Gasteiger partial charge in [0.25, 0.3) is 10.0 Å². The normalized spacial score (nSPS) is 13.5. The van der Waals surface area contributed by atoms with Crippen molar-refractivity contribution in [2.75, 3.05) is 6.61 Å². The van der Waals surface area contributed by atoms with Crippen LogP contribution in [0.5, 0.6) is 0 Å². The number of aliphatic hydroxyl groups excluding tert-OH is 1. The average Bonchev–Trinajstić information content (AvgIpc) is 3.07. The molecule has 0 aliphatic carbocycles. The summed E-state index contributed by atoms with van der Waals surface area (Å²) in [6.45, 7) is 3.85. The van der Waals surface area contributed by atoms with Crippen molar-refractivity contribution in [1.82, 2.24) is 9.71 Å². The summed E-state index contributed by atoms with van der Waals surface area (Å²) in [6.07, 6.45) is 3.16. The fourth-order valence-corrected chi connectivity index (χ4v) is 5.28. The second kappa shape index (κ2) is 6.97. The summed E-state index contributed by atoms with van der Waals surface area (Å²) in [5, 5.41) is 9.65. The van der Waals surface area contributed by atoms with E-state index in [4.69, 9.17) is 5.11 Å². The number of thiazole rings is 1. The number of hydrogen-bond acceptors (Lipinski definition) is 6. The standard InChI is InChI=1S/C13H18N2O3S3/c1-3-10-8-14-13(20-10)9(2)15-21(17,18)12-5-4-11(19-12)6-7-16/h4-5,8-9,15-16H,3,6-7H2,1-2H3. The van der Waals surface area contributed by atoms with Gasteiger partial charge in [-0.05, 0) is 25.5 Å². The third-order valence-electron chi connectivity index (χ3n) is 2.88. The minimum Gasteiger partial charge on any atom is -0.396 e. The Hall–Kier alpha value is -0.800. The summed E-state index contributed by atoms with van der Waals surface area (Å²) in [5.74, 6) is 0. The second-order valence-electron chi connectivity index (χ2n) is 4.56. The Kier molecular flexibility index (Phi) is 5.50. The van der Waals surface area contributed by atoms with E-state index in [1.165, 1.54) is 22.7 Å². The molecule has 116 valence electrons. The Morgan fingerprint density at radius 2 is 2.10 bits per heavy atom. The van der Waals surface area contributed by atoms with Crippen molar-refractivity contribution in [3.8, 4) is 0 Å². The van der Waals surface area contributed by atoms with E-state index in [9.17, 15) is 8.42 Å². The third-order valence-corrected chi connectivity index (χ3v) is 7.38. The van der Waals surface area contributed by atoms with Crippen LogP contribution in [0, 0.1) is 0 Å². The molecule has 2 aromatic heterocycles. The highest BCUT2D eigenvalue weighted by atomic mass is 32.2. The molecule has 0 aliphatic rings. The Bertz CT molecular complexity index is 691. The highest BCUT2D eigenvalue weighted by Gasteiger charge is 2.22. The van der Waals surface area contributed by atoms with E-state index in [1.54, 1.807) is 25.3 Å². The minimum atomic E-state index is -3.55. The van der Waals surface area contributed by atoms with Crippen LogP contribution in [0.2, 0.25) is 0 Å². The van der Waals surface area contributed by atoms with E-state index < -0.39 is 10.0 Å². The molecule has 5 nitrogen and oxygen atoms in total. The van der Waals surface area contributed by atoms with Crippen molar-refractivity contribution in [2.45, 2.75) is 36.9 Å². The molecule has 0 radical (unpaired) electrons. The van der Waals surface area contributed by atoms with E-state index in [0.29, 0.717) is 6.42 Å². The summed E-state index contributed by atoms with van der Waals surface area (Å²) in [6, 6.07) is 2.95. The molecule has 2 aromatic rings. The average molecular weight is 346 g/mol. The van der Waals surface area contributed by atoms with Crippen LogP contribution < -0.4 is 4.72 Å². The van der Waals surface area contributed by atoms with Crippen LogP contribution in [0.25, 0.3) is 0 Å². The van der Waals surface area contributed by atoms with Crippen LogP contribution in [0.15, 0.2) is 22.5 Å². The molecule has 2 N–H and O–H groups in total. The van der Waals surface area contributed by atoms with Gasteiger partial charge in [-0.15, -0.1) is 22.7 Å². The summed E-state index contributed by atoms with van der Waals surface area (Å²) >= 11 is 2.71. The minimum absolute atomic E-state index is 0.0166. The van der Waals surface area contributed by atoms with Crippen molar-refractivity contribution in [1.29, 1.82) is 0 Å².